The maximum atomic E-state index is 12.5. The first-order chi connectivity index (χ1) is 13.5. The molecule has 7 nitrogen and oxygen atoms in total. The van der Waals surface area contributed by atoms with Gasteiger partial charge in [0.1, 0.15) is 32.7 Å². The van der Waals surface area contributed by atoms with Crippen LogP contribution in [0, 0.1) is 5.41 Å². The molecule has 152 valence electrons. The van der Waals surface area contributed by atoms with Crippen molar-refractivity contribution in [3.8, 4) is 11.5 Å². The van der Waals surface area contributed by atoms with Gasteiger partial charge in [0.05, 0.1) is 0 Å². The molecular formula is C21H31N3O4+2. The zero-order valence-electron chi connectivity index (χ0n) is 16.9. The molecule has 0 unspecified atom stereocenters. The van der Waals surface area contributed by atoms with E-state index in [9.17, 15) is 9.59 Å². The molecule has 0 aromatic heterocycles. The minimum atomic E-state index is -0.159. The molecule has 7 heteroatoms. The van der Waals surface area contributed by atoms with Gasteiger partial charge in [0.2, 0.25) is 18.6 Å². The highest BCUT2D eigenvalue weighted by Crippen LogP contribution is 2.35. The third kappa shape index (κ3) is 4.00. The van der Waals surface area contributed by atoms with Crippen molar-refractivity contribution < 1.29 is 28.9 Å². The van der Waals surface area contributed by atoms with E-state index in [1.165, 1.54) is 20.3 Å². The van der Waals surface area contributed by atoms with E-state index in [2.05, 4.69) is 19.1 Å². The molecule has 1 aromatic rings. The summed E-state index contributed by atoms with van der Waals surface area (Å²) in [6.45, 7) is 9.91. The van der Waals surface area contributed by atoms with Crippen molar-refractivity contribution in [2.24, 2.45) is 5.41 Å². The predicted molar refractivity (Wildman–Crippen MR) is 102 cm³/mol. The number of benzene rings is 1. The number of amides is 2. The van der Waals surface area contributed by atoms with Crippen LogP contribution in [0.1, 0.15) is 38.7 Å². The molecular weight excluding hydrogens is 358 g/mol. The SMILES string of the molecule is CCC1(C)CC(=O)N(C[NH+]2CC[NH+](Cc3ccc4c(c3)OCO4)CC2)C(=O)C1. The standard InChI is InChI=1S/C21H29N3O4/c1-3-21(2)11-19(25)24(20(26)12-21)14-23-8-6-22(7-9-23)13-16-4-5-17-18(10-16)28-15-27-17/h4-5,10H,3,6-9,11-15H2,1-2H3/p+2. The number of likely N-dealkylation sites (tertiary alicyclic amines) is 1. The molecule has 0 saturated carbocycles. The quantitative estimate of drug-likeness (QED) is 0.649. The number of fused-ring (bicyclic) bond motifs is 1. The molecule has 28 heavy (non-hydrogen) atoms. The van der Waals surface area contributed by atoms with Crippen LogP contribution in [0.15, 0.2) is 18.2 Å². The number of piperazine rings is 1. The lowest BCUT2D eigenvalue weighted by Gasteiger charge is -2.38. The van der Waals surface area contributed by atoms with E-state index in [0.29, 0.717) is 26.3 Å². The summed E-state index contributed by atoms with van der Waals surface area (Å²) in [6.07, 6.45) is 1.85. The fraction of sp³-hybridized carbons (Fsp3) is 0.619. The van der Waals surface area contributed by atoms with Crippen molar-refractivity contribution in [3.63, 3.8) is 0 Å². The number of ether oxygens (including phenoxy) is 2. The van der Waals surface area contributed by atoms with E-state index in [-0.39, 0.29) is 17.2 Å². The van der Waals surface area contributed by atoms with Crippen molar-refractivity contribution in [2.75, 3.05) is 39.6 Å². The number of carbonyl (C=O) groups is 2. The van der Waals surface area contributed by atoms with Gasteiger partial charge in [-0.05, 0) is 30.0 Å². The van der Waals surface area contributed by atoms with Crippen molar-refractivity contribution in [2.45, 2.75) is 39.7 Å². The number of nitrogens with one attached hydrogen (secondary N) is 2. The topological polar surface area (TPSA) is 64.7 Å². The Kier molecular flexibility index (Phi) is 5.29. The van der Waals surface area contributed by atoms with Crippen LogP contribution < -0.4 is 19.3 Å². The Bertz CT molecular complexity index is 740. The van der Waals surface area contributed by atoms with Crippen LogP contribution in [0.3, 0.4) is 0 Å². The smallest absolute Gasteiger partial charge is 0.234 e. The summed E-state index contributed by atoms with van der Waals surface area (Å²) in [4.78, 5) is 29.4. The van der Waals surface area contributed by atoms with E-state index in [4.69, 9.17) is 9.47 Å². The average Bonchev–Trinajstić information content (AvgIpc) is 3.14. The van der Waals surface area contributed by atoms with Crippen LogP contribution in [0.2, 0.25) is 0 Å². The molecule has 2 amide bonds. The molecule has 3 heterocycles. The largest absolute Gasteiger partial charge is 0.454 e. The molecule has 0 bridgehead atoms. The maximum Gasteiger partial charge on any atom is 0.234 e. The normalized spacial score (nSPS) is 26.6. The summed E-state index contributed by atoms with van der Waals surface area (Å²) < 4.78 is 10.8. The van der Waals surface area contributed by atoms with E-state index < -0.39 is 0 Å². The first-order valence-corrected chi connectivity index (χ1v) is 10.3. The van der Waals surface area contributed by atoms with Crippen LogP contribution in [0.4, 0.5) is 0 Å². The van der Waals surface area contributed by atoms with Crippen LogP contribution in [0.25, 0.3) is 0 Å². The van der Waals surface area contributed by atoms with E-state index in [1.54, 1.807) is 0 Å². The van der Waals surface area contributed by atoms with Crippen molar-refractivity contribution in [1.82, 2.24) is 4.90 Å². The number of rotatable bonds is 5. The van der Waals surface area contributed by atoms with Crippen molar-refractivity contribution in [1.29, 1.82) is 0 Å². The number of hydrogen-bond donors (Lipinski definition) is 2. The van der Waals surface area contributed by atoms with Crippen LogP contribution in [-0.4, -0.2) is 56.4 Å². The van der Waals surface area contributed by atoms with Crippen molar-refractivity contribution in [3.05, 3.63) is 23.8 Å². The van der Waals surface area contributed by atoms with Crippen molar-refractivity contribution >= 4 is 11.8 Å². The fourth-order valence-electron chi connectivity index (χ4n) is 4.40. The second kappa shape index (κ2) is 7.72. The number of hydrogen-bond acceptors (Lipinski definition) is 4. The van der Waals surface area contributed by atoms with Crippen LogP contribution in [-0.2, 0) is 16.1 Å². The summed E-state index contributed by atoms with van der Waals surface area (Å²) in [5, 5.41) is 0. The molecule has 0 aliphatic carbocycles. The van der Waals surface area contributed by atoms with Crippen LogP contribution in [0.5, 0.6) is 11.5 Å². The van der Waals surface area contributed by atoms with Gasteiger partial charge in [-0.25, -0.2) is 4.90 Å². The number of nitrogens with zero attached hydrogens (tertiary/aromatic N) is 1. The Balaban J connectivity index is 1.27. The molecule has 0 spiro atoms. The number of quaternary nitrogens is 2. The lowest BCUT2D eigenvalue weighted by atomic mass is 9.77. The van der Waals surface area contributed by atoms with Gasteiger partial charge in [-0.2, -0.15) is 0 Å². The summed E-state index contributed by atoms with van der Waals surface area (Å²) in [7, 11) is 0. The first kappa shape index (κ1) is 19.2. The fourth-order valence-corrected chi connectivity index (χ4v) is 4.40. The minimum Gasteiger partial charge on any atom is -0.454 e. The second-order valence-corrected chi connectivity index (χ2v) is 8.76. The highest BCUT2D eigenvalue weighted by atomic mass is 16.7. The summed E-state index contributed by atoms with van der Waals surface area (Å²) >= 11 is 0. The molecule has 2 N–H and O–H groups in total. The Hall–Kier alpha value is -2.12. The van der Waals surface area contributed by atoms with E-state index in [1.807, 2.05) is 13.0 Å². The summed E-state index contributed by atoms with van der Waals surface area (Å²) in [5.41, 5.74) is 1.09. The molecule has 2 saturated heterocycles. The Morgan fingerprint density at radius 1 is 1.00 bits per heavy atom. The van der Waals surface area contributed by atoms with Crippen LogP contribution >= 0.6 is 0 Å². The Morgan fingerprint density at radius 2 is 1.64 bits per heavy atom. The minimum absolute atomic E-state index is 0.00300. The van der Waals surface area contributed by atoms with Gasteiger partial charge >= 0.3 is 0 Å². The van der Waals surface area contributed by atoms with Gasteiger partial charge in [0.15, 0.2) is 18.2 Å². The third-order valence-electron chi connectivity index (χ3n) is 6.55. The van der Waals surface area contributed by atoms with Gasteiger partial charge in [-0.1, -0.05) is 13.8 Å². The molecule has 0 atom stereocenters. The van der Waals surface area contributed by atoms with Gasteiger partial charge in [-0.15, -0.1) is 0 Å². The zero-order valence-corrected chi connectivity index (χ0v) is 16.9. The molecule has 3 aliphatic rings. The predicted octanol–water partition coefficient (Wildman–Crippen LogP) is -0.778. The van der Waals surface area contributed by atoms with Gasteiger partial charge in [0, 0.05) is 18.4 Å². The Morgan fingerprint density at radius 3 is 2.32 bits per heavy atom. The second-order valence-electron chi connectivity index (χ2n) is 8.76. The number of imide groups is 1. The Labute approximate surface area is 166 Å². The highest BCUT2D eigenvalue weighted by molar-refractivity contribution is 5.98. The van der Waals surface area contributed by atoms with Gasteiger partial charge < -0.3 is 19.3 Å². The summed E-state index contributed by atoms with van der Waals surface area (Å²) in [6, 6.07) is 6.16. The molecule has 0 radical (unpaired) electrons. The molecule has 4 rings (SSSR count). The van der Waals surface area contributed by atoms with E-state index in [0.717, 1.165) is 50.6 Å². The number of carbonyl (C=O) groups excluding carboxylic acids is 2. The number of piperidine rings is 1. The maximum absolute atomic E-state index is 12.5. The lowest BCUT2D eigenvalue weighted by Crippen LogP contribution is -3.28. The monoisotopic (exact) mass is 389 g/mol. The highest BCUT2D eigenvalue weighted by Gasteiger charge is 2.41. The zero-order chi connectivity index (χ0) is 19.7. The molecule has 3 aliphatic heterocycles. The third-order valence-corrected chi connectivity index (χ3v) is 6.55. The average molecular weight is 389 g/mol. The summed E-state index contributed by atoms with van der Waals surface area (Å²) in [5.74, 6) is 1.66. The van der Waals surface area contributed by atoms with E-state index >= 15 is 0 Å². The molecule has 1 aromatic carbocycles. The van der Waals surface area contributed by atoms with Gasteiger partial charge in [0.25, 0.3) is 0 Å². The first-order valence-electron chi connectivity index (χ1n) is 10.3. The van der Waals surface area contributed by atoms with Gasteiger partial charge in [-0.3, -0.25) is 9.59 Å². The molecule has 2 fully saturated rings. The lowest BCUT2D eigenvalue weighted by molar-refractivity contribution is -1.02.